The molecule has 19 heavy (non-hydrogen) atoms. The molecule has 0 heterocycles. The lowest BCUT2D eigenvalue weighted by Crippen LogP contribution is -2.13. The highest BCUT2D eigenvalue weighted by molar-refractivity contribution is 6.31. The van der Waals surface area contributed by atoms with Crippen molar-refractivity contribution in [2.45, 2.75) is 12.5 Å². The molecule has 0 aromatic heterocycles. The van der Waals surface area contributed by atoms with Crippen LogP contribution in [0, 0.1) is 11.6 Å². The van der Waals surface area contributed by atoms with Gasteiger partial charge >= 0.3 is 0 Å². The lowest BCUT2D eigenvalue weighted by atomic mass is 9.99. The standard InChI is InChI=1S/C14H11Cl2F2N/c15-10-3-1-8(5-12(10)17)6-14(19)9-2-4-11(16)13(18)7-9/h1-5,7,14H,6,19H2. The van der Waals surface area contributed by atoms with Gasteiger partial charge in [0.2, 0.25) is 0 Å². The summed E-state index contributed by atoms with van der Waals surface area (Å²) in [5.41, 5.74) is 7.28. The SMILES string of the molecule is NC(Cc1ccc(Cl)c(F)c1)c1ccc(Cl)c(F)c1. The lowest BCUT2D eigenvalue weighted by Gasteiger charge is -2.13. The lowest BCUT2D eigenvalue weighted by molar-refractivity contribution is 0.614. The molecule has 0 aliphatic carbocycles. The number of halogens is 4. The first kappa shape index (κ1) is 14.3. The van der Waals surface area contributed by atoms with Gasteiger partial charge in [-0.1, -0.05) is 35.3 Å². The van der Waals surface area contributed by atoms with Crippen LogP contribution in [0.2, 0.25) is 10.0 Å². The Kier molecular flexibility index (Phi) is 4.40. The molecule has 5 heteroatoms. The van der Waals surface area contributed by atoms with E-state index in [-0.39, 0.29) is 10.0 Å². The smallest absolute Gasteiger partial charge is 0.142 e. The molecule has 2 aromatic rings. The number of rotatable bonds is 3. The third-order valence-electron chi connectivity index (χ3n) is 2.81. The average molecular weight is 302 g/mol. The zero-order valence-electron chi connectivity index (χ0n) is 9.84. The van der Waals surface area contributed by atoms with E-state index in [9.17, 15) is 8.78 Å². The monoisotopic (exact) mass is 301 g/mol. The molecule has 0 amide bonds. The number of hydrogen-bond acceptors (Lipinski definition) is 1. The second-order valence-electron chi connectivity index (χ2n) is 4.23. The molecule has 1 unspecified atom stereocenters. The molecule has 1 atom stereocenters. The summed E-state index contributed by atoms with van der Waals surface area (Å²) in [4.78, 5) is 0. The van der Waals surface area contributed by atoms with Crippen molar-refractivity contribution in [1.29, 1.82) is 0 Å². The van der Waals surface area contributed by atoms with Gasteiger partial charge in [-0.2, -0.15) is 0 Å². The predicted octanol–water partition coefficient (Wildman–Crippen LogP) is 4.51. The Labute approximate surface area is 119 Å². The third kappa shape index (κ3) is 3.44. The fourth-order valence-electron chi connectivity index (χ4n) is 1.78. The van der Waals surface area contributed by atoms with E-state index < -0.39 is 17.7 Å². The molecule has 0 saturated carbocycles. The minimum Gasteiger partial charge on any atom is -0.324 e. The van der Waals surface area contributed by atoms with Crippen LogP contribution < -0.4 is 5.73 Å². The highest BCUT2D eigenvalue weighted by Crippen LogP contribution is 2.23. The fraction of sp³-hybridized carbons (Fsp3) is 0.143. The summed E-state index contributed by atoms with van der Waals surface area (Å²) < 4.78 is 26.6. The van der Waals surface area contributed by atoms with Gasteiger partial charge in [0.05, 0.1) is 10.0 Å². The Morgan fingerprint density at radius 3 is 2.11 bits per heavy atom. The molecule has 0 spiro atoms. The van der Waals surface area contributed by atoms with E-state index in [0.717, 1.165) is 0 Å². The number of hydrogen-bond donors (Lipinski definition) is 1. The molecule has 0 aliphatic heterocycles. The molecule has 1 nitrogen and oxygen atoms in total. The van der Waals surface area contributed by atoms with Crippen LogP contribution in [-0.4, -0.2) is 0 Å². The molecule has 0 fully saturated rings. The van der Waals surface area contributed by atoms with Crippen LogP contribution in [0.4, 0.5) is 8.78 Å². The van der Waals surface area contributed by atoms with Crippen molar-refractivity contribution < 1.29 is 8.78 Å². The summed E-state index contributed by atoms with van der Waals surface area (Å²) in [5.74, 6) is -1.01. The van der Waals surface area contributed by atoms with Gasteiger partial charge in [0, 0.05) is 6.04 Å². The summed E-state index contributed by atoms with van der Waals surface area (Å²) in [5, 5.41) is 0.114. The predicted molar refractivity (Wildman–Crippen MR) is 73.5 cm³/mol. The fourth-order valence-corrected chi connectivity index (χ4v) is 2.02. The van der Waals surface area contributed by atoms with Gasteiger partial charge < -0.3 is 5.73 Å². The molecule has 0 radical (unpaired) electrons. The minimum atomic E-state index is -0.517. The van der Waals surface area contributed by atoms with E-state index in [2.05, 4.69) is 0 Å². The molecule has 2 aromatic carbocycles. The Hall–Kier alpha value is -1.16. The van der Waals surface area contributed by atoms with E-state index >= 15 is 0 Å². The van der Waals surface area contributed by atoms with Crippen molar-refractivity contribution in [3.05, 3.63) is 69.2 Å². The average Bonchev–Trinajstić information content (AvgIpc) is 2.37. The number of benzene rings is 2. The zero-order valence-corrected chi connectivity index (χ0v) is 11.3. The van der Waals surface area contributed by atoms with Crippen LogP contribution in [-0.2, 0) is 6.42 Å². The van der Waals surface area contributed by atoms with Crippen LogP contribution in [0.15, 0.2) is 36.4 Å². The van der Waals surface area contributed by atoms with E-state index in [4.69, 9.17) is 28.9 Å². The van der Waals surface area contributed by atoms with Crippen LogP contribution in [0.3, 0.4) is 0 Å². The molecular weight excluding hydrogens is 291 g/mol. The van der Waals surface area contributed by atoms with Crippen molar-refractivity contribution in [2.75, 3.05) is 0 Å². The topological polar surface area (TPSA) is 26.0 Å². The van der Waals surface area contributed by atoms with Crippen molar-refractivity contribution in [3.8, 4) is 0 Å². The molecule has 0 aliphatic rings. The maximum atomic E-state index is 13.3. The Morgan fingerprint density at radius 2 is 1.53 bits per heavy atom. The minimum absolute atomic E-state index is 0.0495. The van der Waals surface area contributed by atoms with Crippen LogP contribution in [0.25, 0.3) is 0 Å². The molecule has 0 bridgehead atoms. The first-order valence-corrected chi connectivity index (χ1v) is 6.37. The van der Waals surface area contributed by atoms with Crippen molar-refractivity contribution >= 4 is 23.2 Å². The first-order valence-electron chi connectivity index (χ1n) is 5.62. The highest BCUT2D eigenvalue weighted by atomic mass is 35.5. The third-order valence-corrected chi connectivity index (χ3v) is 3.42. The van der Waals surface area contributed by atoms with Crippen LogP contribution in [0.1, 0.15) is 17.2 Å². The van der Waals surface area contributed by atoms with Gasteiger partial charge in [-0.15, -0.1) is 0 Å². The summed E-state index contributed by atoms with van der Waals surface area (Å²) in [6.07, 6.45) is 0.384. The van der Waals surface area contributed by atoms with Crippen molar-refractivity contribution in [3.63, 3.8) is 0 Å². The highest BCUT2D eigenvalue weighted by Gasteiger charge is 2.11. The normalized spacial score (nSPS) is 12.5. The maximum Gasteiger partial charge on any atom is 0.142 e. The van der Waals surface area contributed by atoms with Gasteiger partial charge in [-0.05, 0) is 41.8 Å². The van der Waals surface area contributed by atoms with Gasteiger partial charge in [0.15, 0.2) is 0 Å². The molecule has 100 valence electrons. The van der Waals surface area contributed by atoms with Crippen LogP contribution >= 0.6 is 23.2 Å². The summed E-state index contributed by atoms with van der Waals surface area (Å²) >= 11 is 11.2. The first-order chi connectivity index (χ1) is 8.97. The maximum absolute atomic E-state index is 13.3. The summed E-state index contributed by atoms with van der Waals surface area (Å²) in [6.45, 7) is 0. The van der Waals surface area contributed by atoms with Crippen molar-refractivity contribution in [1.82, 2.24) is 0 Å². The summed E-state index contributed by atoms with van der Waals surface area (Å²) in [7, 11) is 0. The summed E-state index contributed by atoms with van der Waals surface area (Å²) in [6, 6.07) is 8.45. The van der Waals surface area contributed by atoms with E-state index in [1.54, 1.807) is 12.1 Å². The van der Waals surface area contributed by atoms with Gasteiger partial charge in [0.25, 0.3) is 0 Å². The van der Waals surface area contributed by atoms with Gasteiger partial charge in [0.1, 0.15) is 11.6 Å². The molecule has 2 rings (SSSR count). The zero-order chi connectivity index (χ0) is 14.0. The Bertz CT molecular complexity index is 602. The van der Waals surface area contributed by atoms with Crippen molar-refractivity contribution in [2.24, 2.45) is 5.73 Å². The quantitative estimate of drug-likeness (QED) is 0.886. The second-order valence-corrected chi connectivity index (χ2v) is 5.05. The molecular formula is C14H11Cl2F2N. The second kappa shape index (κ2) is 5.87. The van der Waals surface area contributed by atoms with E-state index in [0.29, 0.717) is 17.5 Å². The Morgan fingerprint density at radius 1 is 0.947 bits per heavy atom. The molecule has 2 N–H and O–H groups in total. The van der Waals surface area contributed by atoms with Crippen LogP contribution in [0.5, 0.6) is 0 Å². The molecule has 0 saturated heterocycles. The van der Waals surface area contributed by atoms with Gasteiger partial charge in [-0.25, -0.2) is 8.78 Å². The number of nitrogens with two attached hydrogens (primary N) is 1. The Balaban J connectivity index is 2.17. The largest absolute Gasteiger partial charge is 0.324 e. The van der Waals surface area contributed by atoms with E-state index in [1.165, 1.54) is 24.3 Å². The van der Waals surface area contributed by atoms with Gasteiger partial charge in [-0.3, -0.25) is 0 Å². The van der Waals surface area contributed by atoms with E-state index in [1.807, 2.05) is 0 Å².